The first-order valence-electron chi connectivity index (χ1n) is 7.45. The van der Waals surface area contributed by atoms with E-state index in [-0.39, 0.29) is 19.2 Å². The Labute approximate surface area is 132 Å². The molecule has 0 fully saturated rings. The zero-order chi connectivity index (χ0) is 16.2. The van der Waals surface area contributed by atoms with Crippen LogP contribution < -0.4 is 0 Å². The number of aryl methyl sites for hydroxylation is 3. The van der Waals surface area contributed by atoms with Gasteiger partial charge in [-0.3, -0.25) is 4.79 Å². The standard InChI is InChI=1S/C12H16O3.C7H8/c1-10-2-4-11(5-3-10)6-7-12(14)15-9-8-13;1-7-5-3-2-4-6-7/h2-5,13H,6-9H2,1H3;2-6H,1H3. The van der Waals surface area contributed by atoms with Gasteiger partial charge in [0.1, 0.15) is 6.61 Å². The van der Waals surface area contributed by atoms with Gasteiger partial charge < -0.3 is 9.84 Å². The van der Waals surface area contributed by atoms with Crippen molar-refractivity contribution in [2.24, 2.45) is 0 Å². The normalized spacial score (nSPS) is 9.59. The molecule has 0 aliphatic rings. The molecule has 0 aliphatic heterocycles. The summed E-state index contributed by atoms with van der Waals surface area (Å²) in [5.74, 6) is -0.260. The van der Waals surface area contributed by atoms with Gasteiger partial charge >= 0.3 is 5.97 Å². The lowest BCUT2D eigenvalue weighted by atomic mass is 10.1. The van der Waals surface area contributed by atoms with Crippen molar-refractivity contribution < 1.29 is 14.6 Å². The van der Waals surface area contributed by atoms with Gasteiger partial charge in [0.05, 0.1) is 6.61 Å². The lowest BCUT2D eigenvalue weighted by Crippen LogP contribution is -2.09. The van der Waals surface area contributed by atoms with Crippen molar-refractivity contribution in [2.75, 3.05) is 13.2 Å². The Morgan fingerprint density at radius 1 is 0.955 bits per heavy atom. The van der Waals surface area contributed by atoms with Crippen molar-refractivity contribution in [2.45, 2.75) is 26.7 Å². The highest BCUT2D eigenvalue weighted by Gasteiger charge is 2.02. The molecule has 0 saturated heterocycles. The zero-order valence-electron chi connectivity index (χ0n) is 13.3. The molecule has 3 heteroatoms. The summed E-state index contributed by atoms with van der Waals surface area (Å²) in [6, 6.07) is 18.3. The third-order valence-corrected chi connectivity index (χ3v) is 3.03. The van der Waals surface area contributed by atoms with Gasteiger partial charge in [-0.1, -0.05) is 65.7 Å². The van der Waals surface area contributed by atoms with Gasteiger partial charge in [-0.15, -0.1) is 0 Å². The molecule has 2 rings (SSSR count). The fourth-order valence-electron chi connectivity index (χ4n) is 1.77. The molecule has 0 amide bonds. The Morgan fingerprint density at radius 3 is 2.05 bits per heavy atom. The summed E-state index contributed by atoms with van der Waals surface area (Å²) in [5, 5.41) is 8.45. The molecule has 2 aromatic rings. The average Bonchev–Trinajstić information content (AvgIpc) is 2.54. The largest absolute Gasteiger partial charge is 0.463 e. The van der Waals surface area contributed by atoms with E-state index in [9.17, 15) is 4.79 Å². The Morgan fingerprint density at radius 2 is 1.55 bits per heavy atom. The van der Waals surface area contributed by atoms with Crippen LogP contribution in [0.4, 0.5) is 0 Å². The second-order valence-corrected chi connectivity index (χ2v) is 5.08. The summed E-state index contributed by atoms with van der Waals surface area (Å²) in [6.07, 6.45) is 1.05. The molecule has 22 heavy (non-hydrogen) atoms. The summed E-state index contributed by atoms with van der Waals surface area (Å²) in [5.41, 5.74) is 3.66. The van der Waals surface area contributed by atoms with Gasteiger partial charge in [0.15, 0.2) is 0 Å². The molecule has 0 aromatic heterocycles. The van der Waals surface area contributed by atoms with E-state index in [1.165, 1.54) is 11.1 Å². The van der Waals surface area contributed by atoms with Gasteiger partial charge in [0.25, 0.3) is 0 Å². The highest BCUT2D eigenvalue weighted by Crippen LogP contribution is 2.06. The summed E-state index contributed by atoms with van der Waals surface area (Å²) in [6.45, 7) is 4.09. The van der Waals surface area contributed by atoms with Crippen LogP contribution in [-0.4, -0.2) is 24.3 Å². The maximum Gasteiger partial charge on any atom is 0.306 e. The zero-order valence-corrected chi connectivity index (χ0v) is 13.3. The molecule has 0 unspecified atom stereocenters. The number of ether oxygens (including phenoxy) is 1. The van der Waals surface area contributed by atoms with Crippen LogP contribution in [-0.2, 0) is 16.0 Å². The third kappa shape index (κ3) is 8.22. The van der Waals surface area contributed by atoms with Crippen LogP contribution in [0.5, 0.6) is 0 Å². The molecule has 118 valence electrons. The van der Waals surface area contributed by atoms with Gasteiger partial charge in [0.2, 0.25) is 0 Å². The Bertz CT molecular complexity index is 532. The monoisotopic (exact) mass is 300 g/mol. The van der Waals surface area contributed by atoms with Crippen LogP contribution >= 0.6 is 0 Å². The number of aliphatic hydroxyl groups excluding tert-OH is 1. The van der Waals surface area contributed by atoms with E-state index in [2.05, 4.69) is 19.1 Å². The Kier molecular flexibility index (Phi) is 8.61. The van der Waals surface area contributed by atoms with Crippen molar-refractivity contribution in [3.8, 4) is 0 Å². The Hall–Kier alpha value is -2.13. The first-order chi connectivity index (χ1) is 10.6. The van der Waals surface area contributed by atoms with E-state index >= 15 is 0 Å². The average molecular weight is 300 g/mol. The minimum Gasteiger partial charge on any atom is -0.463 e. The molecule has 3 nitrogen and oxygen atoms in total. The van der Waals surface area contributed by atoms with Crippen molar-refractivity contribution in [3.05, 3.63) is 71.3 Å². The number of aliphatic hydroxyl groups is 1. The molecular formula is C19H24O3. The van der Waals surface area contributed by atoms with E-state index in [1.54, 1.807) is 0 Å². The second-order valence-electron chi connectivity index (χ2n) is 5.08. The second kappa shape index (κ2) is 10.6. The number of hydrogen-bond acceptors (Lipinski definition) is 3. The topological polar surface area (TPSA) is 46.5 Å². The van der Waals surface area contributed by atoms with Crippen LogP contribution in [0.1, 0.15) is 23.1 Å². The minimum atomic E-state index is -0.260. The summed E-state index contributed by atoms with van der Waals surface area (Å²) in [4.78, 5) is 11.1. The van der Waals surface area contributed by atoms with Crippen molar-refractivity contribution in [1.29, 1.82) is 0 Å². The van der Waals surface area contributed by atoms with Crippen LogP contribution in [0.2, 0.25) is 0 Å². The predicted molar refractivity (Wildman–Crippen MR) is 88.7 cm³/mol. The fourth-order valence-corrected chi connectivity index (χ4v) is 1.77. The lowest BCUT2D eigenvalue weighted by Gasteiger charge is -2.03. The summed E-state index contributed by atoms with van der Waals surface area (Å²) in [7, 11) is 0. The van der Waals surface area contributed by atoms with Crippen molar-refractivity contribution >= 4 is 5.97 Å². The highest BCUT2D eigenvalue weighted by atomic mass is 16.5. The first-order valence-corrected chi connectivity index (χ1v) is 7.45. The molecule has 0 aliphatic carbocycles. The van der Waals surface area contributed by atoms with E-state index in [4.69, 9.17) is 9.84 Å². The smallest absolute Gasteiger partial charge is 0.306 e. The van der Waals surface area contributed by atoms with Gasteiger partial charge in [-0.2, -0.15) is 0 Å². The molecule has 0 saturated carbocycles. The first kappa shape index (κ1) is 17.9. The van der Waals surface area contributed by atoms with Crippen molar-refractivity contribution in [3.63, 3.8) is 0 Å². The van der Waals surface area contributed by atoms with E-state index < -0.39 is 0 Å². The number of benzene rings is 2. The van der Waals surface area contributed by atoms with E-state index in [0.717, 1.165) is 5.56 Å². The molecule has 0 spiro atoms. The molecule has 0 bridgehead atoms. The number of carbonyl (C=O) groups is 1. The molecular weight excluding hydrogens is 276 g/mol. The molecule has 1 N–H and O–H groups in total. The number of rotatable bonds is 5. The van der Waals surface area contributed by atoms with Crippen molar-refractivity contribution in [1.82, 2.24) is 0 Å². The number of esters is 1. The van der Waals surface area contributed by atoms with Gasteiger partial charge in [-0.05, 0) is 25.8 Å². The van der Waals surface area contributed by atoms with Gasteiger partial charge in [-0.25, -0.2) is 0 Å². The minimum absolute atomic E-state index is 0.0900. The maximum atomic E-state index is 11.1. The summed E-state index contributed by atoms with van der Waals surface area (Å²) < 4.78 is 4.75. The predicted octanol–water partition coefficient (Wildman–Crippen LogP) is 3.46. The van der Waals surface area contributed by atoms with Crippen LogP contribution in [0, 0.1) is 13.8 Å². The number of hydrogen-bond donors (Lipinski definition) is 1. The van der Waals surface area contributed by atoms with Crippen LogP contribution in [0.15, 0.2) is 54.6 Å². The SMILES string of the molecule is Cc1ccc(CCC(=O)OCCO)cc1.Cc1ccccc1. The van der Waals surface area contributed by atoms with Crippen LogP contribution in [0.3, 0.4) is 0 Å². The molecule has 0 heterocycles. The molecule has 2 aromatic carbocycles. The van der Waals surface area contributed by atoms with E-state index in [1.807, 2.05) is 49.4 Å². The van der Waals surface area contributed by atoms with E-state index in [0.29, 0.717) is 12.8 Å². The Balaban J connectivity index is 0.000000287. The quantitative estimate of drug-likeness (QED) is 0.860. The maximum absolute atomic E-state index is 11.1. The van der Waals surface area contributed by atoms with Crippen LogP contribution in [0.25, 0.3) is 0 Å². The lowest BCUT2D eigenvalue weighted by molar-refractivity contribution is -0.144. The third-order valence-electron chi connectivity index (χ3n) is 3.03. The number of carbonyl (C=O) groups excluding carboxylic acids is 1. The summed E-state index contributed by atoms with van der Waals surface area (Å²) >= 11 is 0. The highest BCUT2D eigenvalue weighted by molar-refractivity contribution is 5.69. The molecule has 0 radical (unpaired) electrons. The molecule has 0 atom stereocenters. The van der Waals surface area contributed by atoms with Gasteiger partial charge in [0, 0.05) is 6.42 Å². The fraction of sp³-hybridized carbons (Fsp3) is 0.316.